The maximum absolute atomic E-state index is 13.4. The van der Waals surface area contributed by atoms with Crippen LogP contribution in [0, 0.1) is 0 Å². The highest BCUT2D eigenvalue weighted by Crippen LogP contribution is 2.34. The maximum Gasteiger partial charge on any atom is 0.247 e. The highest BCUT2D eigenvalue weighted by molar-refractivity contribution is 8.15. The van der Waals surface area contributed by atoms with Crippen LogP contribution in [0.4, 0.5) is 11.4 Å². The Labute approximate surface area is 231 Å². The zero-order valence-electron chi connectivity index (χ0n) is 21.7. The highest BCUT2D eigenvalue weighted by Gasteiger charge is 2.40. The summed E-state index contributed by atoms with van der Waals surface area (Å²) in [7, 11) is 0. The highest BCUT2D eigenvalue weighted by atomic mass is 32.2. The van der Waals surface area contributed by atoms with Gasteiger partial charge in [-0.2, -0.15) is 0 Å². The quantitative estimate of drug-likeness (QED) is 0.221. The molecule has 0 unspecified atom stereocenters. The number of nitrogens with zero attached hydrogens (tertiary/aromatic N) is 2. The van der Waals surface area contributed by atoms with E-state index in [1.54, 1.807) is 24.3 Å². The number of anilines is 2. The average Bonchev–Trinajstić information content (AvgIpc) is 3.52. The Balaban J connectivity index is 1.34. The Kier molecular flexibility index (Phi) is 8.21. The molecule has 2 heterocycles. The van der Waals surface area contributed by atoms with Crippen molar-refractivity contribution in [1.29, 1.82) is 0 Å². The first kappa shape index (κ1) is 26.4. The van der Waals surface area contributed by atoms with Crippen molar-refractivity contribution < 1.29 is 28.5 Å². The topological polar surface area (TPSA) is 98.7 Å². The van der Waals surface area contributed by atoms with E-state index in [1.165, 1.54) is 16.7 Å². The molecule has 0 aliphatic carbocycles. The molecule has 0 spiro atoms. The third-order valence-electron chi connectivity index (χ3n) is 6.02. The first-order chi connectivity index (χ1) is 19.0. The van der Waals surface area contributed by atoms with Crippen molar-refractivity contribution in [2.24, 2.45) is 4.99 Å². The van der Waals surface area contributed by atoms with Gasteiger partial charge in [0.25, 0.3) is 0 Å². The number of amides is 2. The van der Waals surface area contributed by atoms with Crippen LogP contribution in [-0.2, 0) is 16.1 Å². The van der Waals surface area contributed by atoms with Crippen LogP contribution in [0.5, 0.6) is 23.0 Å². The molecule has 2 aliphatic heterocycles. The van der Waals surface area contributed by atoms with E-state index in [-0.39, 0.29) is 25.0 Å². The minimum Gasteiger partial charge on any atom is -0.494 e. The summed E-state index contributed by atoms with van der Waals surface area (Å²) in [5.41, 5.74) is 2.24. The number of nitrogens with one attached hydrogen (secondary N) is 1. The van der Waals surface area contributed by atoms with E-state index >= 15 is 0 Å². The number of benzene rings is 3. The summed E-state index contributed by atoms with van der Waals surface area (Å²) < 4.78 is 21.9. The van der Waals surface area contributed by atoms with E-state index in [1.807, 2.05) is 56.3 Å². The van der Waals surface area contributed by atoms with Crippen LogP contribution in [0.2, 0.25) is 0 Å². The van der Waals surface area contributed by atoms with Gasteiger partial charge in [0.1, 0.15) is 16.7 Å². The largest absolute Gasteiger partial charge is 0.494 e. The number of aliphatic imine (C=N–C) groups is 1. The van der Waals surface area contributed by atoms with Gasteiger partial charge < -0.3 is 24.3 Å². The first-order valence-electron chi connectivity index (χ1n) is 12.7. The number of carbonyl (C=O) groups excluding carboxylic acids is 2. The number of ether oxygens (including phenoxy) is 4. The fraction of sp³-hybridized carbons (Fsp3) is 0.276. The molecule has 39 heavy (non-hydrogen) atoms. The van der Waals surface area contributed by atoms with E-state index in [0.717, 1.165) is 17.0 Å². The molecule has 1 fully saturated rings. The number of rotatable bonds is 9. The predicted octanol–water partition coefficient (Wildman–Crippen LogP) is 5.25. The van der Waals surface area contributed by atoms with E-state index in [4.69, 9.17) is 23.9 Å². The molecule has 0 saturated carbocycles. The van der Waals surface area contributed by atoms with Crippen LogP contribution < -0.4 is 29.2 Å². The van der Waals surface area contributed by atoms with E-state index in [0.29, 0.717) is 47.9 Å². The summed E-state index contributed by atoms with van der Waals surface area (Å²) in [6, 6.07) is 20.1. The molecule has 0 aromatic heterocycles. The molecule has 3 aromatic rings. The summed E-state index contributed by atoms with van der Waals surface area (Å²) in [5.74, 6) is 2.30. The molecular formula is C29H29N3O6S. The SMILES string of the molecule is CCOc1ccc(NC(=NCc2ccc3c(c2)OCO3)S[C@@H]2CC(=O)N(c3ccc(OCC)cc3)C2=O)cc1. The van der Waals surface area contributed by atoms with Gasteiger partial charge in [0, 0.05) is 12.1 Å². The van der Waals surface area contributed by atoms with Gasteiger partial charge in [0.05, 0.1) is 25.4 Å². The molecule has 0 radical (unpaired) electrons. The molecule has 1 N–H and O–H groups in total. The second-order valence-corrected chi connectivity index (χ2v) is 9.89. The number of amidine groups is 1. The molecule has 10 heteroatoms. The number of carbonyl (C=O) groups is 2. The number of hydrogen-bond donors (Lipinski definition) is 1. The lowest BCUT2D eigenvalue weighted by Crippen LogP contribution is -2.31. The van der Waals surface area contributed by atoms with Gasteiger partial charge in [-0.05, 0) is 80.1 Å². The Morgan fingerprint density at radius 3 is 2.31 bits per heavy atom. The molecular weight excluding hydrogens is 518 g/mol. The first-order valence-corrected chi connectivity index (χ1v) is 13.6. The number of thioether (sulfide) groups is 1. The second-order valence-electron chi connectivity index (χ2n) is 8.70. The van der Waals surface area contributed by atoms with Gasteiger partial charge in [-0.1, -0.05) is 17.8 Å². The van der Waals surface area contributed by atoms with Crippen molar-refractivity contribution in [2.75, 3.05) is 30.2 Å². The molecule has 1 atom stereocenters. The zero-order valence-corrected chi connectivity index (χ0v) is 22.5. The fourth-order valence-electron chi connectivity index (χ4n) is 4.19. The molecule has 0 bridgehead atoms. The normalized spacial score (nSPS) is 16.5. The predicted molar refractivity (Wildman–Crippen MR) is 151 cm³/mol. The maximum atomic E-state index is 13.4. The minimum absolute atomic E-state index is 0.0741. The lowest BCUT2D eigenvalue weighted by atomic mass is 10.2. The van der Waals surface area contributed by atoms with E-state index < -0.39 is 5.25 Å². The lowest BCUT2D eigenvalue weighted by molar-refractivity contribution is -0.121. The molecule has 2 amide bonds. The van der Waals surface area contributed by atoms with Crippen molar-refractivity contribution in [3.63, 3.8) is 0 Å². The Hall–Kier alpha value is -4.18. The molecule has 1 saturated heterocycles. The van der Waals surface area contributed by atoms with E-state index in [9.17, 15) is 9.59 Å². The van der Waals surface area contributed by atoms with Crippen LogP contribution >= 0.6 is 11.8 Å². The molecule has 5 rings (SSSR count). The number of imide groups is 1. The average molecular weight is 548 g/mol. The van der Waals surface area contributed by atoms with Crippen molar-refractivity contribution in [3.8, 4) is 23.0 Å². The van der Waals surface area contributed by atoms with Crippen LogP contribution in [0.1, 0.15) is 25.8 Å². The summed E-state index contributed by atoms with van der Waals surface area (Å²) in [6.45, 7) is 5.49. The van der Waals surface area contributed by atoms with Crippen molar-refractivity contribution >= 4 is 40.1 Å². The lowest BCUT2D eigenvalue weighted by Gasteiger charge is -2.16. The third kappa shape index (κ3) is 6.28. The van der Waals surface area contributed by atoms with Gasteiger partial charge in [-0.3, -0.25) is 14.6 Å². The number of hydrogen-bond acceptors (Lipinski definition) is 8. The summed E-state index contributed by atoms with van der Waals surface area (Å²) >= 11 is 1.24. The Morgan fingerprint density at radius 2 is 1.62 bits per heavy atom. The van der Waals surface area contributed by atoms with E-state index in [2.05, 4.69) is 5.32 Å². The molecule has 2 aliphatic rings. The Morgan fingerprint density at radius 1 is 0.949 bits per heavy atom. The van der Waals surface area contributed by atoms with Crippen LogP contribution in [-0.4, -0.2) is 42.2 Å². The number of fused-ring (bicyclic) bond motifs is 1. The summed E-state index contributed by atoms with van der Waals surface area (Å²) in [4.78, 5) is 32.3. The van der Waals surface area contributed by atoms with Gasteiger partial charge in [-0.25, -0.2) is 4.90 Å². The van der Waals surface area contributed by atoms with Gasteiger partial charge in [0.2, 0.25) is 18.6 Å². The monoisotopic (exact) mass is 547 g/mol. The second kappa shape index (κ2) is 12.1. The van der Waals surface area contributed by atoms with Crippen molar-refractivity contribution in [2.45, 2.75) is 32.1 Å². The summed E-state index contributed by atoms with van der Waals surface area (Å²) in [5, 5.41) is 3.22. The smallest absolute Gasteiger partial charge is 0.247 e. The third-order valence-corrected chi connectivity index (χ3v) is 7.13. The minimum atomic E-state index is -0.616. The zero-order chi connectivity index (χ0) is 27.2. The van der Waals surface area contributed by atoms with Gasteiger partial charge in [0.15, 0.2) is 16.7 Å². The fourth-order valence-corrected chi connectivity index (χ4v) is 5.21. The standard InChI is InChI=1S/C29H29N3O6S/c1-3-35-22-10-6-20(7-11-22)31-29(30-17-19-5-14-24-25(15-19)38-18-37-24)39-26-16-27(33)32(28(26)34)21-8-12-23(13-9-21)36-4-2/h5-15,26H,3-4,16-18H2,1-2H3,(H,30,31)/t26-/m1/s1. The molecule has 202 valence electrons. The Bertz CT molecular complexity index is 1360. The molecule has 3 aromatic carbocycles. The van der Waals surface area contributed by atoms with Crippen LogP contribution in [0.15, 0.2) is 71.7 Å². The molecule has 9 nitrogen and oxygen atoms in total. The van der Waals surface area contributed by atoms with Crippen molar-refractivity contribution in [3.05, 3.63) is 72.3 Å². The van der Waals surface area contributed by atoms with Gasteiger partial charge >= 0.3 is 0 Å². The summed E-state index contributed by atoms with van der Waals surface area (Å²) in [6.07, 6.45) is 0.0741. The van der Waals surface area contributed by atoms with Crippen molar-refractivity contribution in [1.82, 2.24) is 0 Å². The van der Waals surface area contributed by atoms with Crippen LogP contribution in [0.3, 0.4) is 0 Å². The van der Waals surface area contributed by atoms with Crippen LogP contribution in [0.25, 0.3) is 0 Å². The van der Waals surface area contributed by atoms with Gasteiger partial charge in [-0.15, -0.1) is 0 Å².